The Labute approximate surface area is 344 Å². The summed E-state index contributed by atoms with van der Waals surface area (Å²) in [5.41, 5.74) is 10.2. The van der Waals surface area contributed by atoms with Gasteiger partial charge in [0.05, 0.1) is 11.5 Å². The highest BCUT2D eigenvalue weighted by atomic mass is 16.6. The van der Waals surface area contributed by atoms with Crippen LogP contribution in [0, 0.1) is 16.7 Å². The maximum Gasteiger partial charge on any atom is 0.410 e. The zero-order valence-corrected chi connectivity index (χ0v) is 35.1. The summed E-state index contributed by atoms with van der Waals surface area (Å²) in [5, 5.41) is 19.2. The number of primary amides is 1. The standard InChI is InChI=1S/C41H59N7O11/c1-23(2)31(42)35(52)46-29(10-9-17-44-36(43)53)34(51)45-27-13-11-26(12-14-27)21-57-37(54)47(7)18-19-48(8)38(55)59-33-30-24(3)41(15-16-41)40(6,56)32(50)28(30)20-39(33,5)22-58-25(4)49/h11-14,20,23,29,31,33,56H,9-10,15-19,21-22,42H2,1-8H3,(H,45,51)(H,46,52)(H3,43,44,53)/t29-,31-,33?,39?,40-/m0/s1. The van der Waals surface area contributed by atoms with Crippen molar-refractivity contribution in [1.82, 2.24) is 20.4 Å². The summed E-state index contributed by atoms with van der Waals surface area (Å²) in [6, 6.07) is 4.11. The molecule has 3 aliphatic carbocycles. The largest absolute Gasteiger partial charge is 0.465 e. The van der Waals surface area contributed by atoms with E-state index >= 15 is 0 Å². The lowest BCUT2D eigenvalue weighted by atomic mass is 9.67. The van der Waals surface area contributed by atoms with Crippen LogP contribution in [0.3, 0.4) is 0 Å². The number of nitrogens with zero attached hydrogens (tertiary/aromatic N) is 2. The van der Waals surface area contributed by atoms with E-state index < -0.39 is 76.4 Å². The van der Waals surface area contributed by atoms with E-state index in [0.717, 1.165) is 5.57 Å². The number of fused-ring (bicyclic) bond motifs is 1. The van der Waals surface area contributed by atoms with Gasteiger partial charge in [0, 0.05) is 62.9 Å². The smallest absolute Gasteiger partial charge is 0.410 e. The second-order valence-corrected chi connectivity index (χ2v) is 16.5. The van der Waals surface area contributed by atoms with Crippen molar-refractivity contribution < 1.29 is 52.9 Å². The number of ether oxygens (including phenoxy) is 3. The molecule has 3 aliphatic rings. The van der Waals surface area contributed by atoms with Gasteiger partial charge in [0.25, 0.3) is 0 Å². The number of ketones is 1. The predicted octanol–water partition coefficient (Wildman–Crippen LogP) is 2.49. The molecule has 6 amide bonds. The molecule has 18 heteroatoms. The van der Waals surface area contributed by atoms with E-state index in [4.69, 9.17) is 25.7 Å². The molecule has 2 unspecified atom stereocenters. The van der Waals surface area contributed by atoms with Crippen LogP contribution in [0.15, 0.2) is 47.1 Å². The normalized spacial score (nSPS) is 22.4. The molecule has 18 nitrogen and oxygen atoms in total. The molecule has 1 aromatic carbocycles. The third-order valence-electron chi connectivity index (χ3n) is 11.5. The second-order valence-electron chi connectivity index (χ2n) is 16.5. The van der Waals surface area contributed by atoms with Crippen LogP contribution in [-0.2, 0) is 40.0 Å². The molecule has 4 rings (SSSR count). The first-order valence-electron chi connectivity index (χ1n) is 19.7. The number of benzene rings is 1. The Hall–Kier alpha value is -5.49. The second kappa shape index (κ2) is 18.6. The van der Waals surface area contributed by atoms with Gasteiger partial charge in [0.1, 0.15) is 31.0 Å². The Bertz CT molecular complexity index is 1870. The lowest BCUT2D eigenvalue weighted by Crippen LogP contribution is -2.51. The quantitative estimate of drug-likeness (QED) is 0.0752. The van der Waals surface area contributed by atoms with E-state index in [1.165, 1.54) is 37.7 Å². The van der Waals surface area contributed by atoms with Gasteiger partial charge in [-0.1, -0.05) is 37.6 Å². The molecule has 1 spiro atoms. The van der Waals surface area contributed by atoms with Crippen molar-refractivity contribution >= 4 is 47.5 Å². The van der Waals surface area contributed by atoms with Gasteiger partial charge in [-0.3, -0.25) is 19.2 Å². The Morgan fingerprint density at radius 1 is 0.966 bits per heavy atom. The van der Waals surface area contributed by atoms with Crippen LogP contribution in [0.1, 0.15) is 72.8 Å². The van der Waals surface area contributed by atoms with Crippen molar-refractivity contribution in [2.75, 3.05) is 45.7 Å². The summed E-state index contributed by atoms with van der Waals surface area (Å²) in [7, 11) is 3.02. The molecule has 0 bridgehead atoms. The van der Waals surface area contributed by atoms with Crippen molar-refractivity contribution in [2.24, 2.45) is 28.2 Å². The fourth-order valence-corrected chi connectivity index (χ4v) is 7.40. The number of nitrogens with one attached hydrogen (secondary N) is 3. The average molecular weight is 826 g/mol. The van der Waals surface area contributed by atoms with Gasteiger partial charge < -0.3 is 56.5 Å². The Balaban J connectivity index is 1.30. The SMILES string of the molecule is CC(=O)OCC1(C)C=C2C(=O)[C@](C)(O)C3(CC3)C(C)=C2C1OC(=O)N(C)CCN(C)C(=O)OCc1ccc(NC(=O)[C@H](CCCNC(N)=O)NC(=O)[C@@H](N)C(C)C)cc1. The Morgan fingerprint density at radius 3 is 2.14 bits per heavy atom. The predicted molar refractivity (Wildman–Crippen MR) is 215 cm³/mol. The first kappa shape index (κ1) is 46.2. The lowest BCUT2D eigenvalue weighted by molar-refractivity contribution is -0.144. The zero-order valence-electron chi connectivity index (χ0n) is 35.1. The van der Waals surface area contributed by atoms with Crippen molar-refractivity contribution in [3.8, 4) is 0 Å². The number of hydrogen-bond acceptors (Lipinski definition) is 12. The summed E-state index contributed by atoms with van der Waals surface area (Å²) in [6.45, 7) is 10.0. The number of anilines is 1. The first-order chi connectivity index (χ1) is 27.5. The molecular formula is C41H59N7O11. The maximum atomic E-state index is 13.6. The van der Waals surface area contributed by atoms with Crippen LogP contribution in [-0.4, -0.2) is 121 Å². The highest BCUT2D eigenvalue weighted by Crippen LogP contribution is 2.65. The van der Waals surface area contributed by atoms with Crippen molar-refractivity contribution in [2.45, 2.75) is 97.6 Å². The van der Waals surface area contributed by atoms with Crippen LogP contribution in [0.4, 0.5) is 20.1 Å². The lowest BCUT2D eigenvalue weighted by Gasteiger charge is -2.40. The zero-order chi connectivity index (χ0) is 44.0. The molecule has 0 heterocycles. The molecule has 1 fully saturated rings. The van der Waals surface area contributed by atoms with E-state index in [-0.39, 0.29) is 50.8 Å². The molecule has 0 saturated heterocycles. The van der Waals surface area contributed by atoms with Crippen molar-refractivity contribution in [1.29, 1.82) is 0 Å². The van der Waals surface area contributed by atoms with Crippen LogP contribution in [0.25, 0.3) is 0 Å². The molecule has 0 radical (unpaired) electrons. The number of amides is 6. The number of Topliss-reactive ketones (excluding diaryl/α,β-unsaturated/α-hetero) is 1. The van der Waals surface area contributed by atoms with E-state index in [2.05, 4.69) is 16.0 Å². The van der Waals surface area contributed by atoms with E-state index in [0.29, 0.717) is 36.1 Å². The van der Waals surface area contributed by atoms with Crippen molar-refractivity contribution in [3.63, 3.8) is 0 Å². The van der Waals surface area contributed by atoms with Gasteiger partial charge in [-0.2, -0.15) is 0 Å². The Kier molecular flexibility index (Phi) is 14.6. The fraction of sp³-hybridized carbons (Fsp3) is 0.585. The molecular weight excluding hydrogens is 766 g/mol. The van der Waals surface area contributed by atoms with Crippen LogP contribution in [0.2, 0.25) is 0 Å². The summed E-state index contributed by atoms with van der Waals surface area (Å²) in [5.74, 6) is -2.11. The minimum absolute atomic E-state index is 0.0641. The summed E-state index contributed by atoms with van der Waals surface area (Å²) in [4.78, 5) is 91.2. The number of likely N-dealkylation sites (N-methyl/N-ethyl adjacent to an activating group) is 2. The number of nitrogens with two attached hydrogens (primary N) is 2. The highest BCUT2D eigenvalue weighted by molar-refractivity contribution is 6.09. The van der Waals surface area contributed by atoms with E-state index in [9.17, 15) is 38.7 Å². The third kappa shape index (κ3) is 10.6. The van der Waals surface area contributed by atoms with Crippen LogP contribution < -0.4 is 27.4 Å². The number of aliphatic hydroxyl groups is 1. The number of hydrogen-bond donors (Lipinski definition) is 6. The minimum Gasteiger partial charge on any atom is -0.465 e. The summed E-state index contributed by atoms with van der Waals surface area (Å²) < 4.78 is 16.9. The summed E-state index contributed by atoms with van der Waals surface area (Å²) >= 11 is 0. The topological polar surface area (TPSA) is 262 Å². The summed E-state index contributed by atoms with van der Waals surface area (Å²) in [6.07, 6.45) is 1.07. The average Bonchev–Trinajstić information content (AvgIpc) is 3.95. The van der Waals surface area contributed by atoms with Crippen LogP contribution in [0.5, 0.6) is 0 Å². The number of carbonyl (C=O) groups is 7. The third-order valence-corrected chi connectivity index (χ3v) is 11.5. The molecule has 324 valence electrons. The molecule has 5 atom stereocenters. The van der Waals surface area contributed by atoms with Gasteiger partial charge in [-0.25, -0.2) is 14.4 Å². The molecule has 1 aromatic rings. The Morgan fingerprint density at radius 2 is 1.58 bits per heavy atom. The minimum atomic E-state index is -1.62. The molecule has 8 N–H and O–H groups in total. The number of urea groups is 1. The van der Waals surface area contributed by atoms with Gasteiger partial charge in [0.15, 0.2) is 5.78 Å². The van der Waals surface area contributed by atoms with Crippen molar-refractivity contribution in [3.05, 3.63) is 52.6 Å². The molecule has 59 heavy (non-hydrogen) atoms. The van der Waals surface area contributed by atoms with Gasteiger partial charge in [-0.05, 0) is 70.1 Å². The van der Waals surface area contributed by atoms with Gasteiger partial charge in [-0.15, -0.1) is 0 Å². The maximum absolute atomic E-state index is 13.6. The van der Waals surface area contributed by atoms with E-state index in [1.807, 2.05) is 6.92 Å². The van der Waals surface area contributed by atoms with E-state index in [1.54, 1.807) is 51.1 Å². The molecule has 0 aromatic heterocycles. The fourth-order valence-electron chi connectivity index (χ4n) is 7.40. The first-order valence-corrected chi connectivity index (χ1v) is 19.7. The monoisotopic (exact) mass is 825 g/mol. The molecule has 1 saturated carbocycles. The number of esters is 1. The van der Waals surface area contributed by atoms with Gasteiger partial charge >= 0.3 is 24.2 Å². The highest BCUT2D eigenvalue weighted by Gasteiger charge is 2.67. The van der Waals surface area contributed by atoms with Gasteiger partial charge in [0.2, 0.25) is 11.8 Å². The number of carbonyl (C=O) groups excluding carboxylic acids is 7. The molecule has 0 aliphatic heterocycles. The van der Waals surface area contributed by atoms with Crippen LogP contribution >= 0.6 is 0 Å². The number of rotatable bonds is 17.